The predicted molar refractivity (Wildman–Crippen MR) is 37.2 cm³/mol. The molecule has 58 valence electrons. The minimum absolute atomic E-state index is 0. The summed E-state index contributed by atoms with van der Waals surface area (Å²) in [5, 5.41) is 12.4. The molecule has 2 N–H and O–H groups in total. The molecule has 5 heteroatoms. The van der Waals surface area contributed by atoms with E-state index in [4.69, 9.17) is 0 Å². The molecule has 0 saturated heterocycles. The molecule has 0 bridgehead atoms. The predicted octanol–water partition coefficient (Wildman–Crippen LogP) is 0.817. The molecule has 11 heavy (non-hydrogen) atoms. The fourth-order valence-corrected chi connectivity index (χ4v) is 0.430. The standard InChI is InChI=1S/2C3H4N2.Fe/c2*1-2-4-5-3-1;/h2*1-3H,(H,4,5);/q;;+2. The van der Waals surface area contributed by atoms with Crippen LogP contribution < -0.4 is 0 Å². The van der Waals surface area contributed by atoms with E-state index in [2.05, 4.69) is 20.4 Å². The first-order valence-electron chi connectivity index (χ1n) is 2.87. The number of nitrogens with zero attached hydrogens (tertiary/aromatic N) is 2. The van der Waals surface area contributed by atoms with Crippen molar-refractivity contribution in [3.05, 3.63) is 36.9 Å². The Morgan fingerprint density at radius 3 is 1.36 bits per heavy atom. The number of aromatic nitrogens is 4. The monoisotopic (exact) mass is 192 g/mol. The number of hydrogen-bond donors (Lipinski definition) is 2. The van der Waals surface area contributed by atoms with Crippen molar-refractivity contribution >= 4 is 0 Å². The van der Waals surface area contributed by atoms with Gasteiger partial charge in [-0.15, -0.1) is 0 Å². The van der Waals surface area contributed by atoms with Gasteiger partial charge in [0.15, 0.2) is 0 Å². The Morgan fingerprint density at radius 1 is 0.818 bits per heavy atom. The third kappa shape index (κ3) is 5.39. The van der Waals surface area contributed by atoms with Gasteiger partial charge in [-0.1, -0.05) is 0 Å². The first kappa shape index (κ1) is 9.94. The zero-order chi connectivity index (χ0) is 7.07. The molecule has 0 unspecified atom stereocenters. The zero-order valence-corrected chi connectivity index (χ0v) is 6.82. The molecule has 2 aromatic rings. The van der Waals surface area contributed by atoms with E-state index in [0.717, 1.165) is 0 Å². The minimum Gasteiger partial charge on any atom is -0.286 e. The molecule has 0 amide bonds. The van der Waals surface area contributed by atoms with Crippen LogP contribution >= 0.6 is 0 Å². The minimum atomic E-state index is 0. The van der Waals surface area contributed by atoms with Gasteiger partial charge in [-0.3, -0.25) is 10.2 Å². The van der Waals surface area contributed by atoms with Gasteiger partial charge in [-0.05, 0) is 12.1 Å². The van der Waals surface area contributed by atoms with Gasteiger partial charge in [0.2, 0.25) is 0 Å². The summed E-state index contributed by atoms with van der Waals surface area (Å²) < 4.78 is 0. The average Bonchev–Trinajstić information content (AvgIpc) is 2.67. The Bertz CT molecular complexity index is 154. The van der Waals surface area contributed by atoms with Crippen molar-refractivity contribution in [1.29, 1.82) is 0 Å². The summed E-state index contributed by atoms with van der Waals surface area (Å²) in [6, 6.07) is 3.67. The number of nitrogens with one attached hydrogen (secondary N) is 2. The van der Waals surface area contributed by atoms with Gasteiger partial charge >= 0.3 is 17.1 Å². The van der Waals surface area contributed by atoms with E-state index in [9.17, 15) is 0 Å². The maximum atomic E-state index is 3.60. The second kappa shape index (κ2) is 7.05. The van der Waals surface area contributed by atoms with Gasteiger partial charge in [0, 0.05) is 24.8 Å². The molecule has 2 aromatic heterocycles. The molecule has 0 saturated carbocycles. The fourth-order valence-electron chi connectivity index (χ4n) is 0.430. The largest absolute Gasteiger partial charge is 2.00 e. The van der Waals surface area contributed by atoms with Gasteiger partial charge in [-0.25, -0.2) is 0 Å². The summed E-state index contributed by atoms with van der Waals surface area (Å²) in [4.78, 5) is 0. The first-order valence-corrected chi connectivity index (χ1v) is 2.87. The average molecular weight is 192 g/mol. The zero-order valence-electron chi connectivity index (χ0n) is 5.71. The quantitative estimate of drug-likeness (QED) is 0.607. The molecule has 0 spiro atoms. The van der Waals surface area contributed by atoms with E-state index in [0.29, 0.717) is 0 Å². The molecular formula is C6H8FeN4+2. The van der Waals surface area contributed by atoms with E-state index in [1.807, 2.05) is 12.1 Å². The van der Waals surface area contributed by atoms with Crippen molar-refractivity contribution in [1.82, 2.24) is 20.4 Å². The summed E-state index contributed by atoms with van der Waals surface area (Å²) in [7, 11) is 0. The van der Waals surface area contributed by atoms with Crippen LogP contribution in [-0.2, 0) is 17.1 Å². The molecule has 0 aliphatic carbocycles. The van der Waals surface area contributed by atoms with Gasteiger partial charge in [0.25, 0.3) is 0 Å². The Hall–Kier alpha value is -1.06. The third-order valence-corrected chi connectivity index (χ3v) is 0.812. The number of H-pyrrole nitrogens is 2. The van der Waals surface area contributed by atoms with E-state index in [1.165, 1.54) is 0 Å². The van der Waals surface area contributed by atoms with Crippen LogP contribution in [0, 0.1) is 0 Å². The topological polar surface area (TPSA) is 57.4 Å². The molecule has 0 aliphatic heterocycles. The first-order chi connectivity index (χ1) is 5.00. The van der Waals surface area contributed by atoms with Gasteiger partial charge in [-0.2, -0.15) is 10.2 Å². The fraction of sp³-hybridized carbons (Fsp3) is 0. The summed E-state index contributed by atoms with van der Waals surface area (Å²) in [5.74, 6) is 0. The van der Waals surface area contributed by atoms with Crippen molar-refractivity contribution < 1.29 is 17.1 Å². The Morgan fingerprint density at radius 2 is 1.27 bits per heavy atom. The second-order valence-corrected chi connectivity index (χ2v) is 1.53. The van der Waals surface area contributed by atoms with Crippen LogP contribution in [0.15, 0.2) is 36.9 Å². The van der Waals surface area contributed by atoms with Crippen LogP contribution in [0.2, 0.25) is 0 Å². The van der Waals surface area contributed by atoms with Crippen LogP contribution in [0.3, 0.4) is 0 Å². The van der Waals surface area contributed by atoms with E-state index < -0.39 is 0 Å². The van der Waals surface area contributed by atoms with E-state index in [1.54, 1.807) is 24.8 Å². The van der Waals surface area contributed by atoms with Crippen LogP contribution in [0.5, 0.6) is 0 Å². The van der Waals surface area contributed by atoms with Crippen LogP contribution in [0.4, 0.5) is 0 Å². The molecule has 2 heterocycles. The number of aromatic amines is 2. The smallest absolute Gasteiger partial charge is 0.286 e. The maximum Gasteiger partial charge on any atom is 2.00 e. The summed E-state index contributed by atoms with van der Waals surface area (Å²) >= 11 is 0. The van der Waals surface area contributed by atoms with E-state index in [-0.39, 0.29) is 17.1 Å². The summed E-state index contributed by atoms with van der Waals surface area (Å²) in [5.41, 5.74) is 0. The van der Waals surface area contributed by atoms with Crippen molar-refractivity contribution in [2.75, 3.05) is 0 Å². The van der Waals surface area contributed by atoms with Gasteiger partial charge in [0.1, 0.15) is 0 Å². The summed E-state index contributed by atoms with van der Waals surface area (Å²) in [6.07, 6.45) is 6.92. The molecular weight excluding hydrogens is 184 g/mol. The number of hydrogen-bond acceptors (Lipinski definition) is 2. The Labute approximate surface area is 74.9 Å². The van der Waals surface area contributed by atoms with Crippen LogP contribution in [0.1, 0.15) is 0 Å². The van der Waals surface area contributed by atoms with Crippen molar-refractivity contribution in [2.24, 2.45) is 0 Å². The van der Waals surface area contributed by atoms with E-state index >= 15 is 0 Å². The molecule has 0 atom stereocenters. The van der Waals surface area contributed by atoms with Crippen molar-refractivity contribution in [3.63, 3.8) is 0 Å². The van der Waals surface area contributed by atoms with Gasteiger partial charge < -0.3 is 0 Å². The molecule has 2 rings (SSSR count). The maximum absolute atomic E-state index is 3.60. The normalized spacial score (nSPS) is 7.27. The SMILES string of the molecule is [Fe+2].c1cn[nH]c1.c1cn[nH]c1. The molecule has 0 fully saturated rings. The van der Waals surface area contributed by atoms with Crippen LogP contribution in [-0.4, -0.2) is 20.4 Å². The molecule has 0 aromatic carbocycles. The van der Waals surface area contributed by atoms with Gasteiger partial charge in [0.05, 0.1) is 0 Å². The van der Waals surface area contributed by atoms with Crippen molar-refractivity contribution in [3.8, 4) is 0 Å². The van der Waals surface area contributed by atoms with Crippen molar-refractivity contribution in [2.45, 2.75) is 0 Å². The third-order valence-electron chi connectivity index (χ3n) is 0.812. The van der Waals surface area contributed by atoms with Crippen LogP contribution in [0.25, 0.3) is 0 Å². The Kier molecular flexibility index (Phi) is 6.37. The molecule has 0 radical (unpaired) electrons. The Balaban J connectivity index is 0.000000167. The second-order valence-electron chi connectivity index (χ2n) is 1.53. The molecule has 0 aliphatic rings. The molecule has 4 nitrogen and oxygen atoms in total. The summed E-state index contributed by atoms with van der Waals surface area (Å²) in [6.45, 7) is 0. The number of rotatable bonds is 0.